The SMILES string of the molecule is CC(S)Sc1ccccc1N. The number of rotatable bonds is 2. The first kappa shape index (κ1) is 8.81. The van der Waals surface area contributed by atoms with Gasteiger partial charge in [0.05, 0.1) is 0 Å². The first-order valence-electron chi connectivity index (χ1n) is 3.39. The highest BCUT2D eigenvalue weighted by atomic mass is 32.2. The number of benzene rings is 1. The summed E-state index contributed by atoms with van der Waals surface area (Å²) in [6.45, 7) is 2.03. The van der Waals surface area contributed by atoms with Crippen LogP contribution in [0.3, 0.4) is 0 Å². The van der Waals surface area contributed by atoms with E-state index in [-0.39, 0.29) is 0 Å². The number of hydrogen-bond acceptors (Lipinski definition) is 3. The van der Waals surface area contributed by atoms with Gasteiger partial charge >= 0.3 is 0 Å². The van der Waals surface area contributed by atoms with E-state index in [9.17, 15) is 0 Å². The average molecular weight is 185 g/mol. The van der Waals surface area contributed by atoms with Crippen LogP contribution in [-0.4, -0.2) is 4.58 Å². The fourth-order valence-electron chi connectivity index (χ4n) is 0.772. The Morgan fingerprint density at radius 3 is 2.64 bits per heavy atom. The second-order valence-corrected chi connectivity index (χ2v) is 4.76. The van der Waals surface area contributed by atoms with Crippen LogP contribution in [0.1, 0.15) is 6.92 Å². The summed E-state index contributed by atoms with van der Waals surface area (Å²) >= 11 is 5.93. The zero-order valence-corrected chi connectivity index (χ0v) is 8.03. The van der Waals surface area contributed by atoms with Gasteiger partial charge in [0.15, 0.2) is 0 Å². The van der Waals surface area contributed by atoms with Gasteiger partial charge in [-0.15, -0.1) is 11.8 Å². The van der Waals surface area contributed by atoms with E-state index < -0.39 is 0 Å². The predicted molar refractivity (Wildman–Crippen MR) is 55.2 cm³/mol. The van der Waals surface area contributed by atoms with Crippen LogP contribution in [0.25, 0.3) is 0 Å². The van der Waals surface area contributed by atoms with Crippen LogP contribution < -0.4 is 5.73 Å². The molecule has 0 amide bonds. The van der Waals surface area contributed by atoms with Crippen molar-refractivity contribution in [3.05, 3.63) is 24.3 Å². The summed E-state index contributed by atoms with van der Waals surface area (Å²) in [5, 5.41) is 0. The molecule has 0 spiro atoms. The number of anilines is 1. The van der Waals surface area contributed by atoms with Crippen molar-refractivity contribution in [3.63, 3.8) is 0 Å². The number of nitrogens with two attached hydrogens (primary N) is 1. The number of hydrogen-bond donors (Lipinski definition) is 2. The van der Waals surface area contributed by atoms with E-state index in [1.807, 2.05) is 31.2 Å². The summed E-state index contributed by atoms with van der Waals surface area (Å²) in [5.74, 6) is 0. The van der Waals surface area contributed by atoms with Crippen molar-refractivity contribution in [3.8, 4) is 0 Å². The third kappa shape index (κ3) is 2.67. The van der Waals surface area contributed by atoms with Gasteiger partial charge in [0, 0.05) is 15.2 Å². The fraction of sp³-hybridized carbons (Fsp3) is 0.250. The molecule has 60 valence electrons. The zero-order valence-electron chi connectivity index (χ0n) is 6.32. The van der Waals surface area contributed by atoms with E-state index in [1.54, 1.807) is 11.8 Å². The van der Waals surface area contributed by atoms with E-state index in [0.717, 1.165) is 10.6 Å². The highest BCUT2D eigenvalue weighted by molar-refractivity contribution is 8.10. The Labute approximate surface area is 76.8 Å². The Kier molecular flexibility index (Phi) is 3.15. The molecule has 2 N–H and O–H groups in total. The molecule has 0 saturated carbocycles. The molecule has 3 heteroatoms. The molecule has 1 atom stereocenters. The largest absolute Gasteiger partial charge is 0.398 e. The summed E-state index contributed by atoms with van der Waals surface area (Å²) in [7, 11) is 0. The lowest BCUT2D eigenvalue weighted by Crippen LogP contribution is -1.89. The van der Waals surface area contributed by atoms with Gasteiger partial charge in [-0.25, -0.2) is 0 Å². The summed E-state index contributed by atoms with van der Waals surface area (Å²) in [5.41, 5.74) is 6.55. The molecule has 0 radical (unpaired) electrons. The Hall–Kier alpha value is -0.280. The van der Waals surface area contributed by atoms with E-state index in [0.29, 0.717) is 4.58 Å². The second kappa shape index (κ2) is 3.93. The van der Waals surface area contributed by atoms with Gasteiger partial charge in [-0.1, -0.05) is 12.1 Å². The molecule has 1 rings (SSSR count). The van der Waals surface area contributed by atoms with Crippen molar-refractivity contribution in [2.24, 2.45) is 0 Å². The topological polar surface area (TPSA) is 26.0 Å². The lowest BCUT2D eigenvalue weighted by atomic mass is 10.3. The van der Waals surface area contributed by atoms with Gasteiger partial charge in [0.2, 0.25) is 0 Å². The Morgan fingerprint density at radius 2 is 2.09 bits per heavy atom. The average Bonchev–Trinajstić information content (AvgIpc) is 1.93. The number of nitrogen functional groups attached to an aromatic ring is 1. The fourth-order valence-corrected chi connectivity index (χ4v) is 1.84. The van der Waals surface area contributed by atoms with Gasteiger partial charge in [-0.05, 0) is 19.1 Å². The number of para-hydroxylation sites is 1. The minimum Gasteiger partial charge on any atom is -0.398 e. The van der Waals surface area contributed by atoms with Crippen LogP contribution in [0.15, 0.2) is 29.2 Å². The minimum atomic E-state index is 0.291. The molecule has 1 aromatic rings. The maximum absolute atomic E-state index is 5.71. The number of thiol groups is 1. The van der Waals surface area contributed by atoms with Crippen molar-refractivity contribution < 1.29 is 0 Å². The summed E-state index contributed by atoms with van der Waals surface area (Å²) < 4.78 is 0.291. The third-order valence-electron chi connectivity index (χ3n) is 1.22. The van der Waals surface area contributed by atoms with E-state index in [1.165, 1.54) is 0 Å². The van der Waals surface area contributed by atoms with Crippen LogP contribution in [0.4, 0.5) is 5.69 Å². The van der Waals surface area contributed by atoms with E-state index in [4.69, 9.17) is 5.73 Å². The van der Waals surface area contributed by atoms with Gasteiger partial charge < -0.3 is 5.73 Å². The highest BCUT2D eigenvalue weighted by Crippen LogP contribution is 2.29. The van der Waals surface area contributed by atoms with Crippen LogP contribution in [-0.2, 0) is 0 Å². The Morgan fingerprint density at radius 1 is 1.45 bits per heavy atom. The smallest absolute Gasteiger partial charge is 0.0492 e. The molecule has 1 unspecified atom stereocenters. The van der Waals surface area contributed by atoms with Gasteiger partial charge in [-0.2, -0.15) is 12.6 Å². The third-order valence-corrected chi connectivity index (χ3v) is 2.50. The van der Waals surface area contributed by atoms with Crippen LogP contribution >= 0.6 is 24.4 Å². The molecule has 0 aliphatic rings. The first-order chi connectivity index (χ1) is 5.20. The van der Waals surface area contributed by atoms with Gasteiger partial charge in [0.25, 0.3) is 0 Å². The standard InChI is InChI=1S/C8H11NS2/c1-6(10)11-8-5-3-2-4-7(8)9/h2-6,10H,9H2,1H3. The minimum absolute atomic E-state index is 0.291. The van der Waals surface area contributed by atoms with Crippen LogP contribution in [0.5, 0.6) is 0 Å². The normalized spacial score (nSPS) is 12.9. The summed E-state index contributed by atoms with van der Waals surface area (Å²) in [6.07, 6.45) is 0. The Bertz CT molecular complexity index is 235. The van der Waals surface area contributed by atoms with Crippen LogP contribution in [0.2, 0.25) is 0 Å². The van der Waals surface area contributed by atoms with Crippen molar-refractivity contribution in [2.45, 2.75) is 16.4 Å². The molecule has 0 saturated heterocycles. The van der Waals surface area contributed by atoms with Crippen molar-refractivity contribution in [1.29, 1.82) is 0 Å². The molecule has 1 aromatic carbocycles. The van der Waals surface area contributed by atoms with E-state index >= 15 is 0 Å². The Balaban J connectivity index is 2.78. The van der Waals surface area contributed by atoms with Crippen molar-refractivity contribution >= 4 is 30.1 Å². The second-order valence-electron chi connectivity index (χ2n) is 2.25. The molecule has 0 bridgehead atoms. The molecule has 1 nitrogen and oxygen atoms in total. The lowest BCUT2D eigenvalue weighted by Gasteiger charge is -2.05. The molecule has 0 aliphatic heterocycles. The molecule has 0 aromatic heterocycles. The lowest BCUT2D eigenvalue weighted by molar-refractivity contribution is 1.39. The van der Waals surface area contributed by atoms with E-state index in [2.05, 4.69) is 12.6 Å². The summed E-state index contributed by atoms with van der Waals surface area (Å²) in [6, 6.07) is 7.82. The van der Waals surface area contributed by atoms with Crippen LogP contribution in [0, 0.1) is 0 Å². The van der Waals surface area contributed by atoms with Crippen molar-refractivity contribution in [1.82, 2.24) is 0 Å². The molecule has 0 aliphatic carbocycles. The quantitative estimate of drug-likeness (QED) is 0.320. The molecule has 0 heterocycles. The zero-order chi connectivity index (χ0) is 8.27. The molecule has 11 heavy (non-hydrogen) atoms. The van der Waals surface area contributed by atoms with Crippen molar-refractivity contribution in [2.75, 3.05) is 5.73 Å². The number of thioether (sulfide) groups is 1. The monoisotopic (exact) mass is 185 g/mol. The molecular weight excluding hydrogens is 174 g/mol. The maximum atomic E-state index is 5.71. The van der Waals surface area contributed by atoms with Gasteiger partial charge in [0.1, 0.15) is 0 Å². The molecule has 0 fully saturated rings. The summed E-state index contributed by atoms with van der Waals surface area (Å²) in [4.78, 5) is 1.11. The molecular formula is C8H11NS2. The maximum Gasteiger partial charge on any atom is 0.0492 e. The van der Waals surface area contributed by atoms with Gasteiger partial charge in [-0.3, -0.25) is 0 Å². The first-order valence-corrected chi connectivity index (χ1v) is 4.79. The highest BCUT2D eigenvalue weighted by Gasteiger charge is 2.00. The predicted octanol–water partition coefficient (Wildman–Crippen LogP) is 2.64.